The van der Waals surface area contributed by atoms with E-state index < -0.39 is 18.2 Å². The molecule has 0 heterocycles. The zero-order valence-electron chi connectivity index (χ0n) is 14.5. The summed E-state index contributed by atoms with van der Waals surface area (Å²) in [5.41, 5.74) is 5.20. The van der Waals surface area contributed by atoms with Gasteiger partial charge in [-0.05, 0) is 6.92 Å². The normalized spacial score (nSPS) is 13.7. The van der Waals surface area contributed by atoms with Gasteiger partial charge >= 0.3 is 5.97 Å². The predicted octanol–water partition coefficient (Wildman–Crippen LogP) is -0.0723. The molecule has 0 spiro atoms. The molecule has 2 unspecified atom stereocenters. The van der Waals surface area contributed by atoms with Crippen molar-refractivity contribution >= 4 is 5.97 Å². The van der Waals surface area contributed by atoms with Crippen molar-refractivity contribution < 1.29 is 37.6 Å². The first-order chi connectivity index (χ1) is 11.6. The zero-order chi connectivity index (χ0) is 18.0. The maximum absolute atomic E-state index is 13.1. The molecular weight excluding hydrogens is 325 g/mol. The maximum atomic E-state index is 13.1. The van der Waals surface area contributed by atoms with E-state index in [1.54, 1.807) is 6.92 Å². The first-order valence-electron chi connectivity index (χ1n) is 7.95. The molecular formula is C15H30FNO7. The Morgan fingerprint density at radius 1 is 0.917 bits per heavy atom. The molecule has 0 saturated heterocycles. The van der Waals surface area contributed by atoms with Crippen LogP contribution in [0.5, 0.6) is 0 Å². The van der Waals surface area contributed by atoms with E-state index in [1.165, 1.54) is 7.11 Å². The SMILES string of the molecule is COC(=O)COCCOCCOCCOCCOC(C)C(F)CN. The average molecular weight is 355 g/mol. The second-order valence-electron chi connectivity index (χ2n) is 4.79. The van der Waals surface area contributed by atoms with Crippen LogP contribution in [0, 0.1) is 0 Å². The van der Waals surface area contributed by atoms with E-state index in [0.717, 1.165) is 0 Å². The van der Waals surface area contributed by atoms with E-state index in [-0.39, 0.29) is 13.2 Å². The standard InChI is InChI=1S/C15H30FNO7/c1-13(14(16)11-17)24-10-9-22-6-5-20-3-4-21-7-8-23-12-15(18)19-2/h13-14H,3-12,17H2,1-2H3. The van der Waals surface area contributed by atoms with Crippen LogP contribution < -0.4 is 5.73 Å². The average Bonchev–Trinajstić information content (AvgIpc) is 2.60. The van der Waals surface area contributed by atoms with Gasteiger partial charge in [-0.2, -0.15) is 0 Å². The molecule has 0 aliphatic carbocycles. The minimum Gasteiger partial charge on any atom is -0.467 e. The maximum Gasteiger partial charge on any atom is 0.331 e. The van der Waals surface area contributed by atoms with Crippen LogP contribution in [0.25, 0.3) is 0 Å². The lowest BCUT2D eigenvalue weighted by atomic mass is 10.2. The summed E-state index contributed by atoms with van der Waals surface area (Å²) < 4.78 is 43.5. The van der Waals surface area contributed by atoms with Gasteiger partial charge in [-0.25, -0.2) is 9.18 Å². The Balaban J connectivity index is 3.14. The van der Waals surface area contributed by atoms with Crippen LogP contribution in [0.2, 0.25) is 0 Å². The molecule has 0 aromatic carbocycles. The molecule has 0 aromatic rings. The highest BCUT2D eigenvalue weighted by atomic mass is 19.1. The number of carbonyl (C=O) groups is 1. The summed E-state index contributed by atoms with van der Waals surface area (Å²) in [7, 11) is 1.30. The van der Waals surface area contributed by atoms with Gasteiger partial charge in [-0.3, -0.25) is 0 Å². The van der Waals surface area contributed by atoms with Crippen LogP contribution in [0.4, 0.5) is 4.39 Å². The number of rotatable bonds is 17. The van der Waals surface area contributed by atoms with Crippen LogP contribution >= 0.6 is 0 Å². The van der Waals surface area contributed by atoms with E-state index in [9.17, 15) is 9.18 Å². The topological polar surface area (TPSA) is 98.5 Å². The Bertz CT molecular complexity index is 297. The highest BCUT2D eigenvalue weighted by molar-refractivity contribution is 5.70. The van der Waals surface area contributed by atoms with E-state index >= 15 is 0 Å². The summed E-state index contributed by atoms with van der Waals surface area (Å²) in [6, 6.07) is 0. The molecule has 0 bridgehead atoms. The van der Waals surface area contributed by atoms with Crippen molar-refractivity contribution in [1.29, 1.82) is 0 Å². The highest BCUT2D eigenvalue weighted by Gasteiger charge is 2.14. The fourth-order valence-corrected chi connectivity index (χ4v) is 1.46. The van der Waals surface area contributed by atoms with Gasteiger partial charge in [0.1, 0.15) is 12.8 Å². The minimum atomic E-state index is -1.15. The molecule has 0 aliphatic heterocycles. The van der Waals surface area contributed by atoms with Crippen molar-refractivity contribution in [3.05, 3.63) is 0 Å². The third-order valence-electron chi connectivity index (χ3n) is 2.91. The Hall–Kier alpha value is -0.840. The van der Waals surface area contributed by atoms with Gasteiger partial charge in [0.05, 0.1) is 66.1 Å². The molecule has 2 atom stereocenters. The number of esters is 1. The van der Waals surface area contributed by atoms with Crippen LogP contribution in [0.15, 0.2) is 0 Å². The Morgan fingerprint density at radius 2 is 1.38 bits per heavy atom. The fraction of sp³-hybridized carbons (Fsp3) is 0.933. The van der Waals surface area contributed by atoms with Crippen molar-refractivity contribution in [3.8, 4) is 0 Å². The molecule has 144 valence electrons. The van der Waals surface area contributed by atoms with E-state index in [1.807, 2.05) is 0 Å². The van der Waals surface area contributed by atoms with Gasteiger partial charge in [0.25, 0.3) is 0 Å². The number of nitrogens with two attached hydrogens (primary N) is 1. The van der Waals surface area contributed by atoms with Crippen molar-refractivity contribution in [3.63, 3.8) is 0 Å². The quantitative estimate of drug-likeness (QED) is 0.286. The molecule has 0 rings (SSSR count). The van der Waals surface area contributed by atoms with Gasteiger partial charge in [-0.15, -0.1) is 0 Å². The van der Waals surface area contributed by atoms with Crippen molar-refractivity contribution in [1.82, 2.24) is 0 Å². The Labute approximate surface area is 142 Å². The number of halogens is 1. The van der Waals surface area contributed by atoms with Gasteiger partial charge in [-0.1, -0.05) is 0 Å². The fourth-order valence-electron chi connectivity index (χ4n) is 1.46. The number of alkyl halides is 1. The Morgan fingerprint density at radius 3 is 1.83 bits per heavy atom. The van der Waals surface area contributed by atoms with Gasteiger partial charge in [0, 0.05) is 6.54 Å². The molecule has 0 aromatic heterocycles. The van der Waals surface area contributed by atoms with E-state index in [0.29, 0.717) is 52.9 Å². The first-order valence-corrected chi connectivity index (χ1v) is 7.95. The predicted molar refractivity (Wildman–Crippen MR) is 84.7 cm³/mol. The Kier molecular flexibility index (Phi) is 16.4. The highest BCUT2D eigenvalue weighted by Crippen LogP contribution is 2.01. The number of carbonyl (C=O) groups excluding carboxylic acids is 1. The third kappa shape index (κ3) is 14.7. The molecule has 0 aliphatic rings. The summed E-state index contributed by atoms with van der Waals surface area (Å²) in [6.45, 7) is 4.64. The second-order valence-corrected chi connectivity index (χ2v) is 4.79. The van der Waals surface area contributed by atoms with Crippen molar-refractivity contribution in [2.24, 2.45) is 5.73 Å². The van der Waals surface area contributed by atoms with Crippen molar-refractivity contribution in [2.45, 2.75) is 19.2 Å². The van der Waals surface area contributed by atoms with Crippen LogP contribution in [-0.2, 0) is 33.2 Å². The number of hydrogen-bond donors (Lipinski definition) is 1. The smallest absolute Gasteiger partial charge is 0.331 e. The largest absolute Gasteiger partial charge is 0.467 e. The summed E-state index contributed by atoms with van der Waals surface area (Å²) in [5.74, 6) is -0.415. The minimum absolute atomic E-state index is 0.0463. The van der Waals surface area contributed by atoms with Gasteiger partial charge < -0.3 is 34.2 Å². The molecule has 24 heavy (non-hydrogen) atoms. The van der Waals surface area contributed by atoms with Gasteiger partial charge in [0.15, 0.2) is 0 Å². The second kappa shape index (κ2) is 17.0. The molecule has 0 amide bonds. The molecule has 2 N–H and O–H groups in total. The van der Waals surface area contributed by atoms with Crippen LogP contribution in [-0.4, -0.2) is 91.4 Å². The monoisotopic (exact) mass is 355 g/mol. The molecule has 9 heteroatoms. The number of ether oxygens (including phenoxy) is 6. The first kappa shape index (κ1) is 23.2. The zero-order valence-corrected chi connectivity index (χ0v) is 14.5. The number of methoxy groups -OCH3 is 1. The summed E-state index contributed by atoms with van der Waals surface area (Å²) in [4.78, 5) is 10.7. The van der Waals surface area contributed by atoms with Gasteiger partial charge in [0.2, 0.25) is 0 Å². The number of hydrogen-bond acceptors (Lipinski definition) is 8. The molecule has 0 fully saturated rings. The molecule has 0 radical (unpaired) electrons. The lowest BCUT2D eigenvalue weighted by Crippen LogP contribution is -2.30. The summed E-state index contributed by atoms with van der Waals surface area (Å²) >= 11 is 0. The lowest BCUT2D eigenvalue weighted by Gasteiger charge is -2.15. The third-order valence-corrected chi connectivity index (χ3v) is 2.91. The van der Waals surface area contributed by atoms with Crippen LogP contribution in [0.3, 0.4) is 0 Å². The lowest BCUT2D eigenvalue weighted by molar-refractivity contribution is -0.146. The van der Waals surface area contributed by atoms with Crippen LogP contribution in [0.1, 0.15) is 6.92 Å². The van der Waals surface area contributed by atoms with Crippen molar-refractivity contribution in [2.75, 3.05) is 73.1 Å². The molecule has 8 nitrogen and oxygen atoms in total. The molecule has 0 saturated carbocycles. The summed E-state index contributed by atoms with van der Waals surface area (Å²) in [5, 5.41) is 0. The van der Waals surface area contributed by atoms with E-state index in [2.05, 4.69) is 4.74 Å². The summed E-state index contributed by atoms with van der Waals surface area (Å²) in [6.07, 6.45) is -1.68. The van der Waals surface area contributed by atoms with E-state index in [4.69, 9.17) is 29.4 Å².